The standard InChI is InChI=1S/C25H29FN6O2.C24H27FN6O2.C23H25FN6O2.C23H26FN5O2/c1-16-20(24(29-31(16)4)25(33)30(2)3)10-12-34-22-7-6-18(26)13-21(22)17-5-8-23-28-14-19(9-11-27)32(23)15-17;1-15-19(23(24(32)27-2)29-30(15)3)9-11-33-21-6-5-17(25)12-20(21)16-4-7-22-28-13-18(8-10-26)31(22)14-16;1-14-18(22(23(26)31)28-29(14)2)8-10-32-20-5-4-16(24)11-19(20)15-3-6-21-27-12-17(7-9-25)30(21)13-15;1-15-19(21(14-30)27-28(15)2)8-10-31-22-5-4-17(24)11-20(22)16-3-6-23-26-12-18(7-9-25)29(23)13-16/h5-8,13-15H,9-12,27H2,1-4H3;4-7,12-14H,8-11,26H2,1-3H3,(H,27,32);3-6,11-13H,7-10,25H2,1-2H3,(H2,26,31);3-6,11-13,30H,7-10,14,25H2,1-2H3. The second-order valence-electron chi connectivity index (χ2n) is 31.2. The molecule has 0 bridgehead atoms. The third-order valence-electron chi connectivity index (χ3n) is 22.7. The van der Waals surface area contributed by atoms with Gasteiger partial charge in [-0.1, -0.05) is 0 Å². The molecule has 12 N–H and O–H groups in total. The molecule has 0 unspecified atom stereocenters. The summed E-state index contributed by atoms with van der Waals surface area (Å²) in [5.74, 6) is -0.119. The number of nitrogens with one attached hydrogen (secondary N) is 1. The number of carbonyl (C=O) groups excluding carboxylic acids is 3. The van der Waals surface area contributed by atoms with Gasteiger partial charge in [-0.25, -0.2) is 37.5 Å². The van der Waals surface area contributed by atoms with Crippen molar-refractivity contribution >= 4 is 40.3 Å². The number of benzene rings is 4. The summed E-state index contributed by atoms with van der Waals surface area (Å²) in [6, 6.07) is 33.0. The number of nitrogens with two attached hydrogens (primary N) is 5. The third-order valence-corrected chi connectivity index (χ3v) is 22.7. The molecular formula is C95H107F4N23O8. The van der Waals surface area contributed by atoms with Crippen LogP contribution in [0.25, 0.3) is 67.1 Å². The minimum absolute atomic E-state index is 0.116. The van der Waals surface area contributed by atoms with Crippen molar-refractivity contribution in [2.45, 2.75) is 85.7 Å². The van der Waals surface area contributed by atoms with Crippen LogP contribution in [0.5, 0.6) is 23.0 Å². The molecule has 12 aromatic heterocycles. The van der Waals surface area contributed by atoms with Crippen LogP contribution in [0.4, 0.5) is 17.6 Å². The molecule has 0 saturated carbocycles. The lowest BCUT2D eigenvalue weighted by Crippen LogP contribution is -2.23. The van der Waals surface area contributed by atoms with Gasteiger partial charge >= 0.3 is 0 Å². The zero-order chi connectivity index (χ0) is 92.7. The first-order valence-corrected chi connectivity index (χ1v) is 42.4. The van der Waals surface area contributed by atoms with E-state index in [1.165, 1.54) is 53.4 Å². The van der Waals surface area contributed by atoms with Gasteiger partial charge in [0.1, 0.15) is 68.9 Å². The molecule has 0 radical (unpaired) electrons. The van der Waals surface area contributed by atoms with Crippen LogP contribution in [0.3, 0.4) is 0 Å². The highest BCUT2D eigenvalue weighted by atomic mass is 19.1. The number of nitrogens with zero attached hydrogens (tertiary/aromatic N) is 17. The van der Waals surface area contributed by atoms with Crippen LogP contribution in [-0.4, -0.2) is 178 Å². The quantitative estimate of drug-likeness (QED) is 0.0193. The van der Waals surface area contributed by atoms with Crippen LogP contribution in [0, 0.1) is 51.0 Å². The number of halogens is 4. The smallest absolute Gasteiger partial charge is 0.274 e. The van der Waals surface area contributed by atoms with E-state index in [-0.39, 0.29) is 54.0 Å². The topological polar surface area (TPSA) is 394 Å². The lowest BCUT2D eigenvalue weighted by Gasteiger charge is -2.14. The fourth-order valence-electron chi connectivity index (χ4n) is 15.5. The SMILES string of the molecule is CNC(=O)c1nn(C)c(C)c1CCOc1ccc(F)cc1-c1ccc2ncc(CCN)n2c1.Cc1c(CCOc2ccc(F)cc2-c2ccc3ncc(CCN)n3c2)c(C(=O)N(C)C)nn1C.Cc1c(CCOc2ccc(F)cc2-c2ccc3ncc(CCN)n3c2)c(C(N)=O)nn1C.Cc1c(CCOc2ccc(F)cc2-c2ccc3ncc(CCN)n3c2)c(CO)nn1C. The Morgan fingerprint density at radius 1 is 0.392 bits per heavy atom. The lowest BCUT2D eigenvalue weighted by atomic mass is 10.1. The number of ether oxygens (including phenoxy) is 4. The lowest BCUT2D eigenvalue weighted by molar-refractivity contribution is 0.0819. The molecule has 0 aliphatic carbocycles. The second-order valence-corrected chi connectivity index (χ2v) is 31.2. The van der Waals surface area contributed by atoms with Crippen molar-refractivity contribution in [1.29, 1.82) is 0 Å². The summed E-state index contributed by atoms with van der Waals surface area (Å²) in [4.78, 5) is 55.5. The maximum absolute atomic E-state index is 14.2. The molecule has 3 amide bonds. The number of hydrogen-bond donors (Lipinski definition) is 7. The Morgan fingerprint density at radius 3 is 0.962 bits per heavy atom. The number of aliphatic hydroxyl groups is 1. The first-order chi connectivity index (χ1) is 62.6. The highest BCUT2D eigenvalue weighted by molar-refractivity contribution is 5.95. The van der Waals surface area contributed by atoms with E-state index in [1.54, 1.807) is 96.8 Å². The molecule has 35 heteroatoms. The number of primary amides is 1. The molecule has 16 aromatic rings. The van der Waals surface area contributed by atoms with Crippen molar-refractivity contribution in [2.24, 2.45) is 56.9 Å². The van der Waals surface area contributed by atoms with Gasteiger partial charge in [0.2, 0.25) is 0 Å². The largest absolute Gasteiger partial charge is 0.493 e. The summed E-state index contributed by atoms with van der Waals surface area (Å²) in [5, 5.41) is 29.4. The Morgan fingerprint density at radius 2 is 0.669 bits per heavy atom. The number of carbonyl (C=O) groups is 3. The number of imidazole rings is 4. The Labute approximate surface area is 748 Å². The van der Waals surface area contributed by atoms with Gasteiger partial charge in [-0.05, 0) is 175 Å². The average Bonchev–Trinajstić information content (AvgIpc) is 1.10. The van der Waals surface area contributed by atoms with Crippen LogP contribution < -0.4 is 52.9 Å². The molecule has 0 fully saturated rings. The van der Waals surface area contributed by atoms with Gasteiger partial charge in [-0.2, -0.15) is 20.4 Å². The summed E-state index contributed by atoms with van der Waals surface area (Å²) in [7, 11) is 12.2. The van der Waals surface area contributed by atoms with Gasteiger partial charge in [-0.3, -0.25) is 33.1 Å². The van der Waals surface area contributed by atoms with E-state index in [0.29, 0.717) is 160 Å². The summed E-state index contributed by atoms with van der Waals surface area (Å²) in [6.07, 6.45) is 19.7. The molecule has 31 nitrogen and oxygen atoms in total. The number of hydrogen-bond acceptors (Lipinski definition) is 20. The van der Waals surface area contributed by atoms with Crippen LogP contribution in [0.2, 0.25) is 0 Å². The summed E-state index contributed by atoms with van der Waals surface area (Å²) in [6.45, 7) is 10.9. The molecule has 678 valence electrons. The van der Waals surface area contributed by atoms with E-state index in [0.717, 1.165) is 113 Å². The molecule has 0 atom stereocenters. The number of aliphatic hydroxyl groups excluding tert-OH is 1. The predicted molar refractivity (Wildman–Crippen MR) is 488 cm³/mol. The average molecular weight is 1780 g/mol. The van der Waals surface area contributed by atoms with E-state index in [2.05, 4.69) is 45.6 Å². The highest BCUT2D eigenvalue weighted by Gasteiger charge is 2.26. The number of aryl methyl sites for hydroxylation is 4. The van der Waals surface area contributed by atoms with Gasteiger partial charge < -0.3 is 80.5 Å². The van der Waals surface area contributed by atoms with Crippen molar-refractivity contribution in [2.75, 3.05) is 73.7 Å². The molecule has 0 spiro atoms. The van der Waals surface area contributed by atoms with Gasteiger partial charge in [-0.15, -0.1) is 0 Å². The number of fused-ring (bicyclic) bond motifs is 4. The number of amides is 3. The summed E-state index contributed by atoms with van der Waals surface area (Å²) < 4.78 is 95.5. The summed E-state index contributed by atoms with van der Waals surface area (Å²) >= 11 is 0. The van der Waals surface area contributed by atoms with Crippen molar-refractivity contribution in [3.05, 3.63) is 285 Å². The normalized spacial score (nSPS) is 11.3. The molecule has 130 heavy (non-hydrogen) atoms. The molecule has 0 saturated heterocycles. The van der Waals surface area contributed by atoms with Crippen molar-refractivity contribution in [3.63, 3.8) is 0 Å². The molecule has 12 heterocycles. The van der Waals surface area contributed by atoms with E-state index in [4.69, 9.17) is 47.6 Å². The molecule has 4 aromatic carbocycles. The van der Waals surface area contributed by atoms with Gasteiger partial charge in [0.25, 0.3) is 17.7 Å². The maximum atomic E-state index is 14.2. The zero-order valence-corrected chi connectivity index (χ0v) is 74.5. The predicted octanol–water partition coefficient (Wildman–Crippen LogP) is 10.9. The number of aromatic nitrogens is 16. The fraction of sp³-hybridized carbons (Fsp3) is 0.295. The summed E-state index contributed by atoms with van der Waals surface area (Å²) in [5.41, 5.74) is 50.0. The maximum Gasteiger partial charge on any atom is 0.274 e. The molecule has 0 aliphatic heterocycles. The molecule has 16 rings (SSSR count). The monoisotopic (exact) mass is 1770 g/mol. The zero-order valence-electron chi connectivity index (χ0n) is 74.5. The minimum Gasteiger partial charge on any atom is -0.493 e. The molecule has 0 aliphatic rings. The Balaban J connectivity index is 0.000000148. The van der Waals surface area contributed by atoms with Crippen LogP contribution >= 0.6 is 0 Å². The van der Waals surface area contributed by atoms with Crippen molar-refractivity contribution in [3.8, 4) is 67.5 Å². The highest BCUT2D eigenvalue weighted by Crippen LogP contribution is 2.37. The van der Waals surface area contributed by atoms with Gasteiger partial charge in [0, 0.05) is 263 Å². The van der Waals surface area contributed by atoms with Gasteiger partial charge in [0.05, 0.1) is 38.7 Å². The Kier molecular flexibility index (Phi) is 30.1. The Hall–Kier alpha value is -14.4. The second kappa shape index (κ2) is 42.0. The first-order valence-electron chi connectivity index (χ1n) is 42.4. The van der Waals surface area contributed by atoms with Crippen molar-refractivity contribution in [1.82, 2.24) is 86.9 Å². The third kappa shape index (κ3) is 21.1. The van der Waals surface area contributed by atoms with E-state index >= 15 is 0 Å². The van der Waals surface area contributed by atoms with E-state index in [1.807, 2.05) is 139 Å². The first kappa shape index (κ1) is 93.3. The van der Waals surface area contributed by atoms with Gasteiger partial charge in [0.15, 0.2) is 17.1 Å². The van der Waals surface area contributed by atoms with E-state index in [9.17, 15) is 37.1 Å². The van der Waals surface area contributed by atoms with Crippen LogP contribution in [0.1, 0.15) is 105 Å². The van der Waals surface area contributed by atoms with Crippen LogP contribution in [0.15, 0.2) is 171 Å². The number of pyridine rings is 4. The number of rotatable bonds is 32. The fourth-order valence-corrected chi connectivity index (χ4v) is 15.5. The minimum atomic E-state index is -0.576. The molecular weight excluding hydrogens is 1670 g/mol. The van der Waals surface area contributed by atoms with Crippen molar-refractivity contribution < 1.29 is 56.0 Å². The van der Waals surface area contributed by atoms with E-state index < -0.39 is 5.91 Å². The van der Waals surface area contributed by atoms with Crippen LogP contribution in [-0.2, 0) is 86.2 Å². The Bertz CT molecular complexity index is 6750.